The van der Waals surface area contributed by atoms with Crippen LogP contribution in [0.4, 0.5) is 0 Å². The first-order chi connectivity index (χ1) is 7.33. The average molecular weight is 203 g/mol. The largest absolute Gasteiger partial charge is 0.308 e. The van der Waals surface area contributed by atoms with Gasteiger partial charge in [-0.05, 0) is 30.7 Å². The number of nitrogens with zero attached hydrogens (tertiary/aromatic N) is 2. The number of hydrogen-bond acceptors (Lipinski definition) is 2. The number of allylic oxidation sites excluding steroid dienone is 1. The van der Waals surface area contributed by atoms with Crippen LogP contribution in [0.2, 0.25) is 0 Å². The quantitative estimate of drug-likeness (QED) is 0.754. The maximum atomic E-state index is 4.36. The van der Waals surface area contributed by atoms with Gasteiger partial charge in [-0.25, -0.2) is 0 Å². The second-order valence-electron chi connectivity index (χ2n) is 4.71. The van der Waals surface area contributed by atoms with E-state index in [2.05, 4.69) is 28.6 Å². The Morgan fingerprint density at radius 2 is 2.53 bits per heavy atom. The van der Waals surface area contributed by atoms with E-state index in [1.807, 2.05) is 17.9 Å². The molecule has 2 aliphatic rings. The molecule has 0 bridgehead atoms. The fraction of sp³-hybridized carbons (Fsp3) is 0.583. The van der Waals surface area contributed by atoms with Gasteiger partial charge in [0.25, 0.3) is 0 Å². The summed E-state index contributed by atoms with van der Waals surface area (Å²) in [6.07, 6.45) is 9.34. The molecule has 0 spiro atoms. The lowest BCUT2D eigenvalue weighted by molar-refractivity contribution is 0.161. The van der Waals surface area contributed by atoms with E-state index in [1.165, 1.54) is 12.8 Å². The van der Waals surface area contributed by atoms with Gasteiger partial charge >= 0.3 is 0 Å². The predicted octanol–water partition coefficient (Wildman–Crippen LogP) is 1.47. The second kappa shape index (κ2) is 3.49. The first kappa shape index (κ1) is 9.16. The van der Waals surface area contributed by atoms with Gasteiger partial charge in [0.15, 0.2) is 0 Å². The van der Waals surface area contributed by atoms with Gasteiger partial charge in [-0.3, -0.25) is 4.68 Å². The molecule has 80 valence electrons. The highest BCUT2D eigenvalue weighted by atomic mass is 15.3. The molecular formula is C12H17N3. The maximum absolute atomic E-state index is 4.36. The van der Waals surface area contributed by atoms with Crippen molar-refractivity contribution in [2.75, 3.05) is 0 Å². The van der Waals surface area contributed by atoms with Crippen LogP contribution in [0.3, 0.4) is 0 Å². The third-order valence-electron chi connectivity index (χ3n) is 3.68. The van der Waals surface area contributed by atoms with Crippen molar-refractivity contribution >= 4 is 0 Å². The molecule has 1 aromatic rings. The summed E-state index contributed by atoms with van der Waals surface area (Å²) in [6.45, 7) is 0.905. The first-order valence-electron chi connectivity index (χ1n) is 5.71. The minimum Gasteiger partial charge on any atom is -0.308 e. The van der Waals surface area contributed by atoms with E-state index >= 15 is 0 Å². The molecule has 0 saturated heterocycles. The smallest absolute Gasteiger partial charge is 0.0762 e. The molecule has 2 aliphatic carbocycles. The molecule has 3 nitrogen and oxygen atoms in total. The van der Waals surface area contributed by atoms with E-state index in [9.17, 15) is 0 Å². The summed E-state index contributed by atoms with van der Waals surface area (Å²) in [5.74, 6) is 1.74. The minimum absolute atomic E-state index is 0.691. The maximum Gasteiger partial charge on any atom is 0.0762 e. The Bertz CT molecular complexity index is 380. The van der Waals surface area contributed by atoms with Crippen LogP contribution < -0.4 is 5.32 Å². The summed E-state index contributed by atoms with van der Waals surface area (Å²) in [7, 11) is 1.96. The Morgan fingerprint density at radius 3 is 3.27 bits per heavy atom. The van der Waals surface area contributed by atoms with E-state index in [4.69, 9.17) is 0 Å². The van der Waals surface area contributed by atoms with Gasteiger partial charge in [0.1, 0.15) is 0 Å². The zero-order valence-electron chi connectivity index (χ0n) is 9.06. The Morgan fingerprint density at radius 1 is 1.60 bits per heavy atom. The predicted molar refractivity (Wildman–Crippen MR) is 59.2 cm³/mol. The lowest BCUT2D eigenvalue weighted by Crippen LogP contribution is -2.47. The number of nitrogens with one attached hydrogen (secondary N) is 1. The Labute approximate surface area is 90.2 Å². The van der Waals surface area contributed by atoms with Gasteiger partial charge < -0.3 is 5.32 Å². The summed E-state index contributed by atoms with van der Waals surface area (Å²) in [6, 6.07) is 2.77. The molecule has 3 atom stereocenters. The van der Waals surface area contributed by atoms with E-state index in [-0.39, 0.29) is 0 Å². The molecule has 0 amide bonds. The van der Waals surface area contributed by atoms with Crippen molar-refractivity contribution in [3.8, 4) is 0 Å². The summed E-state index contributed by atoms with van der Waals surface area (Å²) >= 11 is 0. The molecule has 3 heteroatoms. The van der Waals surface area contributed by atoms with Crippen molar-refractivity contribution in [3.05, 3.63) is 30.1 Å². The fourth-order valence-electron chi connectivity index (χ4n) is 2.74. The van der Waals surface area contributed by atoms with Crippen LogP contribution in [-0.2, 0) is 13.6 Å². The van der Waals surface area contributed by atoms with Crippen LogP contribution >= 0.6 is 0 Å². The van der Waals surface area contributed by atoms with Crippen molar-refractivity contribution in [1.29, 1.82) is 0 Å². The van der Waals surface area contributed by atoms with Gasteiger partial charge in [0, 0.05) is 25.8 Å². The molecule has 3 rings (SSSR count). The van der Waals surface area contributed by atoms with Crippen molar-refractivity contribution in [2.45, 2.75) is 25.4 Å². The number of rotatable bonds is 3. The van der Waals surface area contributed by atoms with E-state index in [1.54, 1.807) is 0 Å². The van der Waals surface area contributed by atoms with Crippen LogP contribution in [0, 0.1) is 11.8 Å². The zero-order chi connectivity index (χ0) is 10.3. The van der Waals surface area contributed by atoms with Crippen molar-refractivity contribution in [1.82, 2.24) is 15.1 Å². The number of hydrogen-bond donors (Lipinski definition) is 1. The van der Waals surface area contributed by atoms with Crippen LogP contribution in [0.15, 0.2) is 24.4 Å². The average Bonchev–Trinajstić information content (AvgIpc) is 2.75. The lowest BCUT2D eigenvalue weighted by atomic mass is 9.71. The summed E-state index contributed by atoms with van der Waals surface area (Å²) in [5, 5.41) is 7.96. The summed E-state index contributed by atoms with van der Waals surface area (Å²) in [4.78, 5) is 0. The van der Waals surface area contributed by atoms with Crippen molar-refractivity contribution < 1.29 is 0 Å². The molecule has 15 heavy (non-hydrogen) atoms. The molecule has 1 heterocycles. The Balaban J connectivity index is 1.53. The molecule has 1 N–H and O–H groups in total. The molecule has 1 saturated carbocycles. The molecule has 3 unspecified atom stereocenters. The minimum atomic E-state index is 0.691. The summed E-state index contributed by atoms with van der Waals surface area (Å²) < 4.78 is 1.86. The highest BCUT2D eigenvalue weighted by molar-refractivity contribution is 5.13. The van der Waals surface area contributed by atoms with Gasteiger partial charge in [-0.2, -0.15) is 5.10 Å². The molecule has 0 aromatic carbocycles. The molecular weight excluding hydrogens is 186 g/mol. The normalized spacial score (nSPS) is 32.7. The third kappa shape index (κ3) is 1.61. The van der Waals surface area contributed by atoms with Gasteiger partial charge in [0.05, 0.1) is 5.69 Å². The topological polar surface area (TPSA) is 29.9 Å². The number of aromatic nitrogens is 2. The second-order valence-corrected chi connectivity index (χ2v) is 4.71. The SMILES string of the molecule is Cn1ccc(CNC2CC3CC=CC32)n1. The lowest BCUT2D eigenvalue weighted by Gasteiger charge is -2.40. The highest BCUT2D eigenvalue weighted by Crippen LogP contribution is 2.42. The van der Waals surface area contributed by atoms with E-state index in [0.717, 1.165) is 24.1 Å². The van der Waals surface area contributed by atoms with Gasteiger partial charge in [-0.15, -0.1) is 0 Å². The monoisotopic (exact) mass is 203 g/mol. The fourth-order valence-corrected chi connectivity index (χ4v) is 2.74. The van der Waals surface area contributed by atoms with Crippen molar-refractivity contribution in [2.24, 2.45) is 18.9 Å². The van der Waals surface area contributed by atoms with Gasteiger partial charge in [0.2, 0.25) is 0 Å². The third-order valence-corrected chi connectivity index (χ3v) is 3.68. The highest BCUT2D eigenvalue weighted by Gasteiger charge is 2.40. The van der Waals surface area contributed by atoms with Crippen LogP contribution in [0.5, 0.6) is 0 Å². The standard InChI is InChI=1S/C12H17N3/c1-15-6-5-10(14-15)8-13-12-7-9-3-2-4-11(9)12/h2,4-6,9,11-13H,3,7-8H2,1H3. The van der Waals surface area contributed by atoms with Crippen LogP contribution in [0.1, 0.15) is 18.5 Å². The molecule has 1 fully saturated rings. The zero-order valence-corrected chi connectivity index (χ0v) is 9.06. The Kier molecular flexibility index (Phi) is 2.13. The van der Waals surface area contributed by atoms with E-state index in [0.29, 0.717) is 6.04 Å². The van der Waals surface area contributed by atoms with Crippen LogP contribution in [0.25, 0.3) is 0 Å². The van der Waals surface area contributed by atoms with E-state index < -0.39 is 0 Å². The molecule has 1 aromatic heterocycles. The Hall–Kier alpha value is -1.09. The molecule has 0 radical (unpaired) electrons. The first-order valence-corrected chi connectivity index (χ1v) is 5.71. The summed E-state index contributed by atoms with van der Waals surface area (Å²) in [5.41, 5.74) is 1.14. The molecule has 0 aliphatic heterocycles. The van der Waals surface area contributed by atoms with Gasteiger partial charge in [-0.1, -0.05) is 12.2 Å². The number of aryl methyl sites for hydroxylation is 1. The van der Waals surface area contributed by atoms with Crippen molar-refractivity contribution in [3.63, 3.8) is 0 Å². The van der Waals surface area contributed by atoms with Crippen LogP contribution in [-0.4, -0.2) is 15.8 Å². The number of fused-ring (bicyclic) bond motifs is 1.